The first kappa shape index (κ1) is 16.1. The van der Waals surface area contributed by atoms with Crippen LogP contribution in [0.15, 0.2) is 24.3 Å². The van der Waals surface area contributed by atoms with Crippen molar-refractivity contribution in [3.63, 3.8) is 0 Å². The lowest BCUT2D eigenvalue weighted by Gasteiger charge is -2.15. The predicted molar refractivity (Wildman–Crippen MR) is 71.6 cm³/mol. The Balaban J connectivity index is 2.77. The molecule has 1 aromatic rings. The Morgan fingerprint density at radius 2 is 1.70 bits per heavy atom. The van der Waals surface area contributed by atoms with Gasteiger partial charge in [0.1, 0.15) is 5.82 Å². The van der Waals surface area contributed by atoms with Crippen molar-refractivity contribution < 1.29 is 23.5 Å². The van der Waals surface area contributed by atoms with E-state index in [0.29, 0.717) is 12.2 Å². The van der Waals surface area contributed by atoms with Crippen LogP contribution < -0.4 is 0 Å². The molecule has 0 amide bonds. The fourth-order valence-electron chi connectivity index (χ4n) is 1.85. The molecular weight excluding hydrogens is 263 g/mol. The second-order valence-electron chi connectivity index (χ2n) is 4.20. The Kier molecular flexibility index (Phi) is 6.70. The molecule has 0 saturated carbocycles. The van der Waals surface area contributed by atoms with Gasteiger partial charge < -0.3 is 9.47 Å². The number of hydrogen-bond acceptors (Lipinski definition) is 4. The Labute approximate surface area is 117 Å². The standard InChI is InChI=1S/C15H19FO4/c1-3-19-14(17)10-9-13(15(18)20-4-2)11-5-7-12(16)8-6-11/h5-8,13H,3-4,9-10H2,1-2H3. The summed E-state index contributed by atoms with van der Waals surface area (Å²) in [6, 6.07) is 5.63. The highest BCUT2D eigenvalue weighted by Crippen LogP contribution is 2.23. The van der Waals surface area contributed by atoms with Gasteiger partial charge in [0, 0.05) is 6.42 Å². The summed E-state index contributed by atoms with van der Waals surface area (Å²) in [4.78, 5) is 23.3. The van der Waals surface area contributed by atoms with Crippen LogP contribution in [0.2, 0.25) is 0 Å². The van der Waals surface area contributed by atoms with Crippen LogP contribution in [0.4, 0.5) is 4.39 Å². The van der Waals surface area contributed by atoms with E-state index in [9.17, 15) is 14.0 Å². The largest absolute Gasteiger partial charge is 0.466 e. The van der Waals surface area contributed by atoms with Gasteiger partial charge in [0.2, 0.25) is 0 Å². The lowest BCUT2D eigenvalue weighted by molar-refractivity contribution is -0.146. The van der Waals surface area contributed by atoms with Crippen molar-refractivity contribution in [3.8, 4) is 0 Å². The molecule has 0 heterocycles. The zero-order valence-electron chi connectivity index (χ0n) is 11.7. The summed E-state index contributed by atoms with van der Waals surface area (Å²) in [6.07, 6.45) is 0.401. The Morgan fingerprint density at radius 3 is 2.25 bits per heavy atom. The summed E-state index contributed by atoms with van der Waals surface area (Å²) < 4.78 is 22.8. The van der Waals surface area contributed by atoms with Gasteiger partial charge in [-0.05, 0) is 38.0 Å². The minimum Gasteiger partial charge on any atom is -0.466 e. The monoisotopic (exact) mass is 282 g/mol. The van der Waals surface area contributed by atoms with Crippen LogP contribution in [0.25, 0.3) is 0 Å². The Morgan fingerprint density at radius 1 is 1.10 bits per heavy atom. The molecule has 1 rings (SSSR count). The first-order valence-electron chi connectivity index (χ1n) is 6.66. The van der Waals surface area contributed by atoms with Crippen molar-refractivity contribution in [2.45, 2.75) is 32.6 Å². The van der Waals surface area contributed by atoms with E-state index in [2.05, 4.69) is 0 Å². The topological polar surface area (TPSA) is 52.6 Å². The number of carbonyl (C=O) groups excluding carboxylic acids is 2. The van der Waals surface area contributed by atoms with Gasteiger partial charge in [-0.1, -0.05) is 12.1 Å². The van der Waals surface area contributed by atoms with Crippen LogP contribution in [-0.4, -0.2) is 25.2 Å². The minimum absolute atomic E-state index is 0.120. The van der Waals surface area contributed by atoms with E-state index in [1.54, 1.807) is 13.8 Å². The number of carbonyl (C=O) groups is 2. The van der Waals surface area contributed by atoms with Crippen molar-refractivity contribution in [3.05, 3.63) is 35.6 Å². The highest BCUT2D eigenvalue weighted by atomic mass is 19.1. The third kappa shape index (κ3) is 4.99. The van der Waals surface area contributed by atoms with Gasteiger partial charge in [-0.25, -0.2) is 4.39 Å². The molecular formula is C15H19FO4. The van der Waals surface area contributed by atoms with Crippen LogP contribution in [0, 0.1) is 5.82 Å². The third-order valence-corrected chi connectivity index (χ3v) is 2.79. The molecule has 0 bridgehead atoms. The number of halogens is 1. The number of ether oxygens (including phenoxy) is 2. The van der Waals surface area contributed by atoms with Gasteiger partial charge in [-0.15, -0.1) is 0 Å². The van der Waals surface area contributed by atoms with E-state index in [-0.39, 0.29) is 31.2 Å². The van der Waals surface area contributed by atoms with Crippen molar-refractivity contribution >= 4 is 11.9 Å². The first-order valence-corrected chi connectivity index (χ1v) is 6.66. The van der Waals surface area contributed by atoms with Gasteiger partial charge in [-0.2, -0.15) is 0 Å². The number of rotatable bonds is 7. The zero-order chi connectivity index (χ0) is 15.0. The number of hydrogen-bond donors (Lipinski definition) is 0. The van der Waals surface area contributed by atoms with E-state index in [4.69, 9.17) is 9.47 Å². The normalized spacial score (nSPS) is 11.8. The second kappa shape index (κ2) is 8.30. The van der Waals surface area contributed by atoms with Crippen LogP contribution >= 0.6 is 0 Å². The molecule has 0 spiro atoms. The van der Waals surface area contributed by atoms with Gasteiger partial charge in [0.25, 0.3) is 0 Å². The van der Waals surface area contributed by atoms with Crippen molar-refractivity contribution in [2.24, 2.45) is 0 Å². The van der Waals surface area contributed by atoms with Gasteiger partial charge in [0.05, 0.1) is 19.1 Å². The highest BCUT2D eigenvalue weighted by Gasteiger charge is 2.23. The Bertz CT molecular complexity index is 442. The molecule has 110 valence electrons. The molecule has 1 unspecified atom stereocenters. The predicted octanol–water partition coefficient (Wildman–Crippen LogP) is 2.82. The van der Waals surface area contributed by atoms with Gasteiger partial charge >= 0.3 is 11.9 Å². The smallest absolute Gasteiger partial charge is 0.313 e. The van der Waals surface area contributed by atoms with E-state index >= 15 is 0 Å². The second-order valence-corrected chi connectivity index (χ2v) is 4.20. The molecule has 1 aromatic carbocycles. The maximum Gasteiger partial charge on any atom is 0.313 e. The van der Waals surface area contributed by atoms with Crippen LogP contribution in [0.5, 0.6) is 0 Å². The zero-order valence-corrected chi connectivity index (χ0v) is 11.7. The maximum atomic E-state index is 12.9. The molecule has 1 atom stereocenters. The molecule has 0 N–H and O–H groups in total. The molecule has 0 radical (unpaired) electrons. The van der Waals surface area contributed by atoms with Crippen LogP contribution in [0.3, 0.4) is 0 Å². The summed E-state index contributed by atoms with van der Waals surface area (Å²) in [5, 5.41) is 0. The van der Waals surface area contributed by atoms with Gasteiger partial charge in [0.15, 0.2) is 0 Å². The van der Waals surface area contributed by atoms with Gasteiger partial charge in [-0.3, -0.25) is 9.59 Å². The molecule has 0 aliphatic heterocycles. The SMILES string of the molecule is CCOC(=O)CCC(C(=O)OCC)c1ccc(F)cc1. The van der Waals surface area contributed by atoms with Crippen molar-refractivity contribution in [1.82, 2.24) is 0 Å². The minimum atomic E-state index is -0.583. The van der Waals surface area contributed by atoms with E-state index in [0.717, 1.165) is 0 Å². The summed E-state index contributed by atoms with van der Waals surface area (Å²) in [7, 11) is 0. The summed E-state index contributed by atoms with van der Waals surface area (Å²) in [6.45, 7) is 4.00. The quantitative estimate of drug-likeness (QED) is 0.722. The molecule has 20 heavy (non-hydrogen) atoms. The molecule has 0 aliphatic rings. The van der Waals surface area contributed by atoms with E-state index in [1.165, 1.54) is 24.3 Å². The molecule has 0 saturated heterocycles. The molecule has 0 aliphatic carbocycles. The number of esters is 2. The lowest BCUT2D eigenvalue weighted by atomic mass is 9.94. The molecule has 0 aromatic heterocycles. The summed E-state index contributed by atoms with van der Waals surface area (Å²) in [5.41, 5.74) is 0.633. The average Bonchev–Trinajstić information content (AvgIpc) is 2.41. The number of benzene rings is 1. The first-order chi connectivity index (χ1) is 9.58. The summed E-state index contributed by atoms with van der Waals surface area (Å²) >= 11 is 0. The van der Waals surface area contributed by atoms with E-state index < -0.39 is 11.9 Å². The molecule has 0 fully saturated rings. The average molecular weight is 282 g/mol. The molecule has 5 heteroatoms. The van der Waals surface area contributed by atoms with Crippen molar-refractivity contribution in [2.75, 3.05) is 13.2 Å². The fraction of sp³-hybridized carbons (Fsp3) is 0.467. The van der Waals surface area contributed by atoms with Crippen molar-refractivity contribution in [1.29, 1.82) is 0 Å². The highest BCUT2D eigenvalue weighted by molar-refractivity contribution is 5.79. The summed E-state index contributed by atoms with van der Waals surface area (Å²) in [5.74, 6) is -1.73. The third-order valence-electron chi connectivity index (χ3n) is 2.79. The van der Waals surface area contributed by atoms with Crippen LogP contribution in [0.1, 0.15) is 38.2 Å². The van der Waals surface area contributed by atoms with E-state index in [1.807, 2.05) is 0 Å². The Hall–Kier alpha value is -1.91. The maximum absolute atomic E-state index is 12.9. The molecule has 4 nitrogen and oxygen atoms in total. The fourth-order valence-corrected chi connectivity index (χ4v) is 1.85. The van der Waals surface area contributed by atoms with Crippen LogP contribution in [-0.2, 0) is 19.1 Å². The lowest BCUT2D eigenvalue weighted by Crippen LogP contribution is -2.18.